The molecule has 0 saturated carbocycles. The number of urea groups is 1. The number of nitrogen functional groups attached to an aromatic ring is 1. The van der Waals surface area contributed by atoms with Crippen molar-refractivity contribution in [3.63, 3.8) is 0 Å². The molecule has 0 aromatic heterocycles. The lowest BCUT2D eigenvalue weighted by atomic mass is 10.00. The number of amides is 4. The van der Waals surface area contributed by atoms with E-state index < -0.39 is 47.4 Å². The van der Waals surface area contributed by atoms with Gasteiger partial charge in [-0.3, -0.25) is 14.5 Å². The summed E-state index contributed by atoms with van der Waals surface area (Å²) in [6.45, 7) is 2.76. The van der Waals surface area contributed by atoms with Gasteiger partial charge in [0.25, 0.3) is 5.91 Å². The summed E-state index contributed by atoms with van der Waals surface area (Å²) in [7, 11) is 0. The molecule has 0 bridgehead atoms. The molecule has 0 radical (unpaired) electrons. The first kappa shape index (κ1) is 36.5. The van der Waals surface area contributed by atoms with Crippen LogP contribution >= 0.6 is 11.6 Å². The molecule has 51 heavy (non-hydrogen) atoms. The molecular formula is C35H42ClF3N6O6. The predicted octanol–water partition coefficient (Wildman–Crippen LogP) is 4.94. The Morgan fingerprint density at radius 1 is 0.961 bits per heavy atom. The van der Waals surface area contributed by atoms with Gasteiger partial charge in [-0.25, -0.2) is 9.59 Å². The minimum absolute atomic E-state index is 0.0335. The lowest BCUT2D eigenvalue weighted by Crippen LogP contribution is -2.52. The summed E-state index contributed by atoms with van der Waals surface area (Å²) in [5.74, 6) is -1.79. The molecule has 6 rings (SSSR count). The second-order valence-electron chi connectivity index (χ2n) is 13.7. The van der Waals surface area contributed by atoms with Crippen LogP contribution in [0.15, 0.2) is 36.4 Å². The first-order chi connectivity index (χ1) is 24.3. The van der Waals surface area contributed by atoms with Gasteiger partial charge in [-0.05, 0) is 74.4 Å². The Balaban J connectivity index is 1.12. The van der Waals surface area contributed by atoms with Crippen molar-refractivity contribution in [1.29, 1.82) is 0 Å². The number of nitrogens with two attached hydrogens (primary N) is 1. The summed E-state index contributed by atoms with van der Waals surface area (Å²) >= 11 is 6.09. The van der Waals surface area contributed by atoms with Crippen LogP contribution in [0.5, 0.6) is 0 Å². The van der Waals surface area contributed by atoms with Crippen molar-refractivity contribution in [3.05, 3.63) is 58.1 Å². The fourth-order valence-corrected chi connectivity index (χ4v) is 7.93. The van der Waals surface area contributed by atoms with Gasteiger partial charge >= 0.3 is 24.3 Å². The molecule has 4 aliphatic heterocycles. The van der Waals surface area contributed by atoms with E-state index in [9.17, 15) is 37.5 Å². The molecule has 2 aromatic rings. The van der Waals surface area contributed by atoms with Crippen molar-refractivity contribution >= 4 is 47.0 Å². The van der Waals surface area contributed by atoms with Crippen molar-refractivity contribution in [2.75, 3.05) is 56.9 Å². The highest BCUT2D eigenvalue weighted by Gasteiger charge is 2.39. The Morgan fingerprint density at radius 2 is 1.63 bits per heavy atom. The SMILES string of the molecule is Nc1c(Cl)cc(C[C@@H](OC(=O)N2CCC(N3CCc4ccccc4NC3=O)CC2)C(=O)N2CCC(N3CC[C@H](C(=O)O)C3)CC2)cc1C(F)(F)F. The number of carbonyl (C=O) groups is 4. The maximum absolute atomic E-state index is 14.0. The predicted molar refractivity (Wildman–Crippen MR) is 182 cm³/mol. The maximum atomic E-state index is 14.0. The van der Waals surface area contributed by atoms with E-state index in [1.54, 1.807) is 9.80 Å². The van der Waals surface area contributed by atoms with Gasteiger partial charge < -0.3 is 35.6 Å². The van der Waals surface area contributed by atoms with Crippen molar-refractivity contribution in [2.24, 2.45) is 5.92 Å². The number of alkyl halides is 3. The van der Waals surface area contributed by atoms with Crippen LogP contribution in [0, 0.1) is 5.92 Å². The molecule has 4 N–H and O–H groups in total. The van der Waals surface area contributed by atoms with Gasteiger partial charge in [-0.2, -0.15) is 13.2 Å². The van der Waals surface area contributed by atoms with E-state index in [2.05, 4.69) is 10.2 Å². The van der Waals surface area contributed by atoms with Gasteiger partial charge in [0.05, 0.1) is 22.2 Å². The van der Waals surface area contributed by atoms with Gasteiger partial charge in [-0.15, -0.1) is 0 Å². The zero-order valence-corrected chi connectivity index (χ0v) is 28.8. The van der Waals surface area contributed by atoms with Crippen molar-refractivity contribution in [2.45, 2.75) is 69.3 Å². The van der Waals surface area contributed by atoms with Crippen LogP contribution in [0.25, 0.3) is 0 Å². The summed E-state index contributed by atoms with van der Waals surface area (Å²) in [5.41, 5.74) is 5.71. The zero-order valence-electron chi connectivity index (χ0n) is 28.0. The fraction of sp³-hybridized carbons (Fsp3) is 0.543. The van der Waals surface area contributed by atoms with Gasteiger partial charge in [0, 0.05) is 63.5 Å². The molecule has 3 saturated heterocycles. The van der Waals surface area contributed by atoms with Crippen LogP contribution in [0.2, 0.25) is 5.02 Å². The van der Waals surface area contributed by atoms with Crippen molar-refractivity contribution in [3.8, 4) is 0 Å². The molecular weight excluding hydrogens is 693 g/mol. The molecule has 3 fully saturated rings. The molecule has 0 unspecified atom stereocenters. The van der Waals surface area contributed by atoms with Crippen molar-refractivity contribution in [1.82, 2.24) is 19.6 Å². The number of carbonyl (C=O) groups excluding carboxylic acids is 3. The largest absolute Gasteiger partial charge is 0.481 e. The third-order valence-electron chi connectivity index (χ3n) is 10.6. The third kappa shape index (κ3) is 8.30. The maximum Gasteiger partial charge on any atom is 0.418 e. The number of aliphatic carboxylic acids is 1. The average Bonchev–Trinajstić information content (AvgIpc) is 3.54. The van der Waals surface area contributed by atoms with E-state index in [4.69, 9.17) is 22.1 Å². The Hall–Kier alpha value is -4.24. The number of fused-ring (bicyclic) bond motifs is 1. The number of halogens is 4. The molecule has 2 atom stereocenters. The number of benzene rings is 2. The molecule has 0 aliphatic carbocycles. The van der Waals surface area contributed by atoms with Crippen LogP contribution in [0.3, 0.4) is 0 Å². The molecule has 2 aromatic carbocycles. The molecule has 16 heteroatoms. The Morgan fingerprint density at radius 3 is 2.29 bits per heavy atom. The number of ether oxygens (including phenoxy) is 1. The van der Waals surface area contributed by atoms with Gasteiger partial charge in [-0.1, -0.05) is 29.8 Å². The monoisotopic (exact) mass is 734 g/mol. The van der Waals surface area contributed by atoms with E-state index in [0.717, 1.165) is 17.3 Å². The first-order valence-electron chi connectivity index (χ1n) is 17.3. The van der Waals surface area contributed by atoms with Crippen LogP contribution in [-0.4, -0.2) is 113 Å². The lowest BCUT2D eigenvalue weighted by Gasteiger charge is -2.39. The Bertz CT molecular complexity index is 1650. The second-order valence-corrected chi connectivity index (χ2v) is 14.1. The van der Waals surface area contributed by atoms with Crippen LogP contribution in [0.1, 0.15) is 48.8 Å². The highest BCUT2D eigenvalue weighted by atomic mass is 35.5. The number of likely N-dealkylation sites (tertiary alicyclic amines) is 3. The number of piperidine rings is 2. The third-order valence-corrected chi connectivity index (χ3v) is 10.9. The molecule has 276 valence electrons. The minimum atomic E-state index is -4.80. The number of hydrogen-bond acceptors (Lipinski definition) is 7. The standard InChI is InChI=1S/C35H42ClF3N6O6/c36-27-18-21(17-26(30(27)40)35(37,38)39)19-29(31(46)42-12-7-24(8-13-42)44-11-5-23(20-44)32(47)48)51-34(50)43-14-9-25(10-15-43)45-16-6-22-3-1-2-4-28(22)41-33(45)49/h1-4,17-18,23-25,29H,5-16,19-20,40H2,(H,41,49)(H,47,48)/t23-,29+/m0/s1. The molecule has 4 amide bonds. The molecule has 4 heterocycles. The summed E-state index contributed by atoms with van der Waals surface area (Å²) in [4.78, 5) is 58.9. The van der Waals surface area contributed by atoms with Gasteiger partial charge in [0.2, 0.25) is 0 Å². The average molecular weight is 735 g/mol. The number of carboxylic acid groups (broad SMARTS) is 1. The zero-order chi connectivity index (χ0) is 36.4. The number of nitrogens with one attached hydrogen (secondary N) is 1. The van der Waals surface area contributed by atoms with Gasteiger partial charge in [0.1, 0.15) is 0 Å². The topological polar surface area (TPSA) is 149 Å². The number of hydrogen-bond donors (Lipinski definition) is 3. The smallest absolute Gasteiger partial charge is 0.418 e. The highest BCUT2D eigenvalue weighted by molar-refractivity contribution is 6.33. The molecule has 0 spiro atoms. The highest BCUT2D eigenvalue weighted by Crippen LogP contribution is 2.38. The summed E-state index contributed by atoms with van der Waals surface area (Å²) in [5, 5.41) is 12.0. The first-order valence-corrected chi connectivity index (χ1v) is 17.7. The van der Waals surface area contributed by atoms with E-state index >= 15 is 0 Å². The lowest BCUT2D eigenvalue weighted by molar-refractivity contribution is -0.142. The summed E-state index contributed by atoms with van der Waals surface area (Å²) in [6.07, 6.45) is -4.01. The number of carboxylic acids is 1. The van der Waals surface area contributed by atoms with E-state index in [1.165, 1.54) is 11.0 Å². The van der Waals surface area contributed by atoms with E-state index in [0.29, 0.717) is 71.2 Å². The second kappa shape index (κ2) is 15.2. The molecule has 12 nitrogen and oxygen atoms in total. The van der Waals surface area contributed by atoms with Crippen LogP contribution in [-0.2, 0) is 33.3 Å². The molecule has 4 aliphatic rings. The fourth-order valence-electron chi connectivity index (χ4n) is 7.69. The van der Waals surface area contributed by atoms with Crippen LogP contribution < -0.4 is 11.1 Å². The number of rotatable bonds is 7. The van der Waals surface area contributed by atoms with Crippen molar-refractivity contribution < 1.29 is 42.2 Å². The van der Waals surface area contributed by atoms with Crippen LogP contribution in [0.4, 0.5) is 34.1 Å². The Labute approximate surface area is 298 Å². The number of anilines is 2. The quantitative estimate of drug-likeness (QED) is 0.339. The summed E-state index contributed by atoms with van der Waals surface area (Å²) in [6, 6.07) is 9.45. The number of para-hydroxylation sites is 1. The normalized spacial score (nSPS) is 21.5. The van der Waals surface area contributed by atoms with E-state index in [-0.39, 0.29) is 48.2 Å². The minimum Gasteiger partial charge on any atom is -0.481 e. The number of nitrogens with zero attached hydrogens (tertiary/aromatic N) is 4. The van der Waals surface area contributed by atoms with E-state index in [1.807, 2.05) is 24.3 Å². The Kier molecular flexibility index (Phi) is 10.9. The van der Waals surface area contributed by atoms with Gasteiger partial charge in [0.15, 0.2) is 6.10 Å². The summed E-state index contributed by atoms with van der Waals surface area (Å²) < 4.78 is 47.2.